The first kappa shape index (κ1) is 14.5. The lowest BCUT2D eigenvalue weighted by atomic mass is 10.2. The number of halogens is 2. The average Bonchev–Trinajstić information content (AvgIpc) is 2.64. The second-order valence-electron chi connectivity index (χ2n) is 4.09. The minimum atomic E-state index is -3.63. The molecule has 1 heterocycles. The summed E-state index contributed by atoms with van der Waals surface area (Å²) in [5.74, 6) is -0.393. The van der Waals surface area contributed by atoms with Crippen molar-refractivity contribution in [2.45, 2.75) is 18.1 Å². The molecule has 0 fully saturated rings. The van der Waals surface area contributed by atoms with Crippen LogP contribution >= 0.6 is 27.3 Å². The van der Waals surface area contributed by atoms with Crippen LogP contribution in [0.25, 0.3) is 0 Å². The van der Waals surface area contributed by atoms with Gasteiger partial charge in [-0.15, -0.1) is 11.3 Å². The molecule has 0 aliphatic rings. The van der Waals surface area contributed by atoms with Crippen LogP contribution in [0.3, 0.4) is 0 Å². The Bertz CT molecular complexity index is 706. The van der Waals surface area contributed by atoms with Gasteiger partial charge in [-0.05, 0) is 65.2 Å². The van der Waals surface area contributed by atoms with E-state index < -0.39 is 15.8 Å². The van der Waals surface area contributed by atoms with Crippen LogP contribution in [0.2, 0.25) is 0 Å². The number of aryl methyl sites for hydroxylation is 2. The average molecular weight is 364 g/mol. The molecule has 1 N–H and O–H groups in total. The zero-order valence-electron chi connectivity index (χ0n) is 10.2. The van der Waals surface area contributed by atoms with E-state index in [0.717, 1.165) is 20.7 Å². The van der Waals surface area contributed by atoms with Gasteiger partial charge in [-0.25, -0.2) is 12.8 Å². The van der Waals surface area contributed by atoms with Crippen molar-refractivity contribution in [2.24, 2.45) is 0 Å². The Kier molecular flexibility index (Phi) is 3.98. The molecule has 0 saturated heterocycles. The Hall–Kier alpha value is -0.920. The summed E-state index contributed by atoms with van der Waals surface area (Å²) >= 11 is 4.44. The molecule has 2 aromatic rings. The molecule has 7 heteroatoms. The Morgan fingerprint density at radius 3 is 2.42 bits per heavy atom. The summed E-state index contributed by atoms with van der Waals surface area (Å²) in [5.41, 5.74) is 1.78. The number of benzene rings is 1. The van der Waals surface area contributed by atoms with E-state index in [9.17, 15) is 12.8 Å². The van der Waals surface area contributed by atoms with Crippen LogP contribution in [0.15, 0.2) is 32.3 Å². The SMILES string of the molecule is Cc1cc(F)ccc1NS(=O)(=O)c1cc(C)c(Br)s1. The van der Waals surface area contributed by atoms with E-state index in [1.807, 2.05) is 6.92 Å². The number of rotatable bonds is 3. The van der Waals surface area contributed by atoms with Gasteiger partial charge in [-0.1, -0.05) is 0 Å². The molecule has 3 nitrogen and oxygen atoms in total. The van der Waals surface area contributed by atoms with E-state index in [1.165, 1.54) is 18.2 Å². The van der Waals surface area contributed by atoms with Gasteiger partial charge in [0.2, 0.25) is 0 Å². The van der Waals surface area contributed by atoms with Crippen molar-refractivity contribution in [3.05, 3.63) is 45.0 Å². The van der Waals surface area contributed by atoms with Gasteiger partial charge in [0.25, 0.3) is 10.0 Å². The molecule has 0 saturated carbocycles. The largest absolute Gasteiger partial charge is 0.279 e. The van der Waals surface area contributed by atoms with Crippen molar-refractivity contribution in [3.63, 3.8) is 0 Å². The maximum Gasteiger partial charge on any atom is 0.271 e. The number of thiophene rings is 1. The molecular formula is C12H11BrFNO2S2. The molecule has 1 aromatic carbocycles. The smallest absolute Gasteiger partial charge is 0.271 e. The first-order valence-corrected chi connectivity index (χ1v) is 8.44. The number of hydrogen-bond donors (Lipinski definition) is 1. The predicted octanol–water partition coefficient (Wildman–Crippen LogP) is 4.07. The lowest BCUT2D eigenvalue weighted by Crippen LogP contribution is -2.12. The third-order valence-electron chi connectivity index (χ3n) is 2.53. The second-order valence-corrected chi connectivity index (χ2v) is 8.37. The lowest BCUT2D eigenvalue weighted by molar-refractivity contribution is 0.602. The van der Waals surface area contributed by atoms with Crippen LogP contribution in [0.4, 0.5) is 10.1 Å². The van der Waals surface area contributed by atoms with Crippen LogP contribution in [0, 0.1) is 19.7 Å². The fraction of sp³-hybridized carbons (Fsp3) is 0.167. The Balaban J connectivity index is 2.36. The predicted molar refractivity (Wildman–Crippen MR) is 78.7 cm³/mol. The van der Waals surface area contributed by atoms with Gasteiger partial charge in [-0.2, -0.15) is 0 Å². The van der Waals surface area contributed by atoms with E-state index in [1.54, 1.807) is 13.0 Å². The summed E-state index contributed by atoms with van der Waals surface area (Å²) in [6.07, 6.45) is 0. The highest BCUT2D eigenvalue weighted by Gasteiger charge is 2.19. The second kappa shape index (κ2) is 5.22. The summed E-state index contributed by atoms with van der Waals surface area (Å²) in [6.45, 7) is 3.47. The van der Waals surface area contributed by atoms with Gasteiger partial charge in [0.05, 0.1) is 9.47 Å². The van der Waals surface area contributed by atoms with Crippen molar-refractivity contribution < 1.29 is 12.8 Å². The number of anilines is 1. The van der Waals surface area contributed by atoms with Gasteiger partial charge >= 0.3 is 0 Å². The third-order valence-corrected chi connectivity index (χ3v) is 6.51. The van der Waals surface area contributed by atoms with Crippen LogP contribution in [0.1, 0.15) is 11.1 Å². The minimum absolute atomic E-state index is 0.223. The van der Waals surface area contributed by atoms with Gasteiger partial charge in [0.15, 0.2) is 0 Å². The van der Waals surface area contributed by atoms with E-state index in [2.05, 4.69) is 20.7 Å². The molecule has 0 bridgehead atoms. The van der Waals surface area contributed by atoms with Crippen molar-refractivity contribution >= 4 is 43.0 Å². The van der Waals surface area contributed by atoms with Crippen LogP contribution in [0.5, 0.6) is 0 Å². The Morgan fingerprint density at radius 2 is 1.89 bits per heavy atom. The molecule has 102 valence electrons. The van der Waals surface area contributed by atoms with E-state index in [4.69, 9.17) is 0 Å². The topological polar surface area (TPSA) is 46.2 Å². The number of nitrogens with one attached hydrogen (secondary N) is 1. The van der Waals surface area contributed by atoms with E-state index in [-0.39, 0.29) is 4.21 Å². The quantitative estimate of drug-likeness (QED) is 0.893. The van der Waals surface area contributed by atoms with Gasteiger partial charge in [0, 0.05) is 0 Å². The van der Waals surface area contributed by atoms with Gasteiger partial charge in [-0.3, -0.25) is 4.72 Å². The molecule has 1 aromatic heterocycles. The van der Waals surface area contributed by atoms with E-state index in [0.29, 0.717) is 11.3 Å². The summed E-state index contributed by atoms with van der Waals surface area (Å²) in [7, 11) is -3.63. The summed E-state index contributed by atoms with van der Waals surface area (Å²) < 4.78 is 40.8. The molecule has 0 spiro atoms. The van der Waals surface area contributed by atoms with E-state index >= 15 is 0 Å². The molecule has 19 heavy (non-hydrogen) atoms. The van der Waals surface area contributed by atoms with Crippen molar-refractivity contribution in [1.29, 1.82) is 0 Å². The third kappa shape index (κ3) is 3.16. The van der Waals surface area contributed by atoms with Crippen LogP contribution < -0.4 is 4.72 Å². The van der Waals surface area contributed by atoms with Crippen molar-refractivity contribution in [3.8, 4) is 0 Å². The zero-order valence-corrected chi connectivity index (χ0v) is 13.4. The molecule has 0 unspecified atom stereocenters. The Labute approximate surface area is 123 Å². The molecule has 0 aliphatic carbocycles. The number of hydrogen-bond acceptors (Lipinski definition) is 3. The highest BCUT2D eigenvalue weighted by molar-refractivity contribution is 9.11. The maximum absolute atomic E-state index is 13.0. The highest BCUT2D eigenvalue weighted by Crippen LogP contribution is 2.32. The maximum atomic E-state index is 13.0. The first-order chi connectivity index (χ1) is 8.79. The molecule has 2 rings (SSSR count). The first-order valence-electron chi connectivity index (χ1n) is 5.34. The minimum Gasteiger partial charge on any atom is -0.279 e. The molecule has 0 amide bonds. The van der Waals surface area contributed by atoms with Gasteiger partial charge < -0.3 is 0 Å². The molecule has 0 radical (unpaired) electrons. The van der Waals surface area contributed by atoms with Crippen molar-refractivity contribution in [2.75, 3.05) is 4.72 Å². The fourth-order valence-corrected chi connectivity index (χ4v) is 4.86. The number of sulfonamides is 1. The Morgan fingerprint density at radius 1 is 1.21 bits per heavy atom. The fourth-order valence-electron chi connectivity index (χ4n) is 1.50. The van der Waals surface area contributed by atoms with Crippen molar-refractivity contribution in [1.82, 2.24) is 0 Å². The normalized spacial score (nSPS) is 11.6. The van der Waals surface area contributed by atoms with Crippen LogP contribution in [-0.4, -0.2) is 8.42 Å². The lowest BCUT2D eigenvalue weighted by Gasteiger charge is -2.09. The summed E-state index contributed by atoms with van der Waals surface area (Å²) in [6, 6.07) is 5.52. The molecular weight excluding hydrogens is 353 g/mol. The monoisotopic (exact) mass is 363 g/mol. The summed E-state index contributed by atoms with van der Waals surface area (Å²) in [4.78, 5) is 0. The van der Waals surface area contributed by atoms with Crippen LogP contribution in [-0.2, 0) is 10.0 Å². The summed E-state index contributed by atoms with van der Waals surface area (Å²) in [5, 5.41) is 0. The standard InChI is InChI=1S/C12H11BrFNO2S2/c1-7-5-9(14)3-4-10(7)15-19(16,17)11-6-8(2)12(13)18-11/h3-6,15H,1-2H3. The molecule has 0 aliphatic heterocycles. The van der Waals surface area contributed by atoms with Gasteiger partial charge in [0.1, 0.15) is 10.0 Å². The molecule has 0 atom stereocenters. The zero-order chi connectivity index (χ0) is 14.2. The highest BCUT2D eigenvalue weighted by atomic mass is 79.9.